The van der Waals surface area contributed by atoms with Gasteiger partial charge in [-0.15, -0.1) is 0 Å². The summed E-state index contributed by atoms with van der Waals surface area (Å²) in [7, 11) is 0. The summed E-state index contributed by atoms with van der Waals surface area (Å²) in [6, 6.07) is 7.81. The third-order valence-electron chi connectivity index (χ3n) is 5.43. The zero-order chi connectivity index (χ0) is 20.3. The Hall–Kier alpha value is -2.69. The van der Waals surface area contributed by atoms with Gasteiger partial charge in [0.2, 0.25) is 0 Å². The molecule has 1 N–H and O–H groups in total. The van der Waals surface area contributed by atoms with Crippen molar-refractivity contribution in [1.29, 1.82) is 0 Å². The number of rotatable bonds is 7. The van der Waals surface area contributed by atoms with Gasteiger partial charge in [0.15, 0.2) is 11.6 Å². The molecule has 0 amide bonds. The van der Waals surface area contributed by atoms with E-state index in [1.165, 1.54) is 18.2 Å². The predicted octanol–water partition coefficient (Wildman–Crippen LogP) is 5.62. The van der Waals surface area contributed by atoms with Crippen LogP contribution < -0.4 is 4.74 Å². The van der Waals surface area contributed by atoms with Gasteiger partial charge in [0.05, 0.1) is 0 Å². The van der Waals surface area contributed by atoms with Crippen molar-refractivity contribution in [3.63, 3.8) is 0 Å². The molecule has 1 aliphatic carbocycles. The number of halogens is 2. The molecule has 0 radical (unpaired) electrons. The van der Waals surface area contributed by atoms with Crippen LogP contribution in [0.15, 0.2) is 35.9 Å². The van der Waals surface area contributed by atoms with Crippen molar-refractivity contribution in [1.82, 2.24) is 0 Å². The van der Waals surface area contributed by atoms with Crippen LogP contribution in [0.25, 0.3) is 5.57 Å². The molecule has 1 aliphatic rings. The number of carboxylic acids is 1. The maximum atomic E-state index is 14.6. The lowest BCUT2D eigenvalue weighted by molar-refractivity contribution is -0.136. The fraction of sp³-hybridized carbons (Fsp3) is 0.348. The van der Waals surface area contributed by atoms with E-state index in [-0.39, 0.29) is 18.0 Å². The first-order valence-corrected chi connectivity index (χ1v) is 9.46. The highest BCUT2D eigenvalue weighted by atomic mass is 19.1. The number of aliphatic carboxylic acids is 1. The molecule has 0 unspecified atom stereocenters. The lowest BCUT2D eigenvalue weighted by Crippen LogP contribution is -2.07. The predicted molar refractivity (Wildman–Crippen MR) is 104 cm³/mol. The minimum atomic E-state index is -0.903. The monoisotopic (exact) mass is 386 g/mol. The second kappa shape index (κ2) is 8.55. The quantitative estimate of drug-likeness (QED) is 0.672. The van der Waals surface area contributed by atoms with Crippen molar-refractivity contribution >= 4 is 11.5 Å². The summed E-state index contributed by atoms with van der Waals surface area (Å²) in [5.41, 5.74) is 5.48. The summed E-state index contributed by atoms with van der Waals surface area (Å²) >= 11 is 0. The first kappa shape index (κ1) is 20.1. The maximum Gasteiger partial charge on any atom is 0.303 e. The van der Waals surface area contributed by atoms with Gasteiger partial charge >= 0.3 is 5.97 Å². The summed E-state index contributed by atoms with van der Waals surface area (Å²) in [4.78, 5) is 10.8. The molecule has 3 rings (SSSR count). The molecule has 0 saturated carbocycles. The van der Waals surface area contributed by atoms with Crippen LogP contribution in [0.3, 0.4) is 0 Å². The fourth-order valence-electron chi connectivity index (χ4n) is 3.72. The summed E-state index contributed by atoms with van der Waals surface area (Å²) in [6.45, 7) is 3.94. The van der Waals surface area contributed by atoms with Gasteiger partial charge in [-0.05, 0) is 91.1 Å². The summed E-state index contributed by atoms with van der Waals surface area (Å²) in [5, 5.41) is 8.85. The second-order valence-corrected chi connectivity index (χ2v) is 7.22. The molecule has 2 aromatic carbocycles. The molecule has 3 nitrogen and oxygen atoms in total. The van der Waals surface area contributed by atoms with E-state index in [9.17, 15) is 13.6 Å². The number of carboxylic acid groups (broad SMARTS) is 1. The standard InChI is InChI=1S/C23H24F2O3/c1-14-15(2)23(21(25)12-17(14)8-11-22(26)27)28-13-18-4-3-5-20(18)16-6-9-19(24)10-7-16/h6-7,9-10,12H,3-5,8,11,13H2,1-2H3,(H,26,27). The van der Waals surface area contributed by atoms with Crippen LogP contribution in [-0.2, 0) is 11.2 Å². The highest BCUT2D eigenvalue weighted by molar-refractivity contribution is 5.71. The zero-order valence-electron chi connectivity index (χ0n) is 16.1. The topological polar surface area (TPSA) is 46.5 Å². The Morgan fingerprint density at radius 1 is 1.11 bits per heavy atom. The van der Waals surface area contributed by atoms with Crippen molar-refractivity contribution in [3.05, 3.63) is 69.8 Å². The van der Waals surface area contributed by atoms with Gasteiger partial charge in [-0.25, -0.2) is 8.78 Å². The van der Waals surface area contributed by atoms with Crippen molar-refractivity contribution in [2.45, 2.75) is 46.0 Å². The van der Waals surface area contributed by atoms with Crippen LogP contribution in [0.4, 0.5) is 8.78 Å². The lowest BCUT2D eigenvalue weighted by atomic mass is 9.98. The zero-order valence-corrected chi connectivity index (χ0v) is 16.1. The van der Waals surface area contributed by atoms with E-state index in [0.717, 1.165) is 41.5 Å². The van der Waals surface area contributed by atoms with E-state index >= 15 is 0 Å². The Bertz CT molecular complexity index is 914. The maximum absolute atomic E-state index is 14.6. The molecule has 0 saturated heterocycles. The molecule has 148 valence electrons. The van der Waals surface area contributed by atoms with Crippen LogP contribution in [-0.4, -0.2) is 17.7 Å². The molecule has 0 bridgehead atoms. The number of hydrogen-bond acceptors (Lipinski definition) is 2. The van der Waals surface area contributed by atoms with Crippen molar-refractivity contribution in [2.24, 2.45) is 0 Å². The molecular weight excluding hydrogens is 362 g/mol. The average molecular weight is 386 g/mol. The number of benzene rings is 2. The number of hydrogen-bond donors (Lipinski definition) is 1. The Morgan fingerprint density at radius 3 is 2.50 bits per heavy atom. The number of ether oxygens (including phenoxy) is 1. The van der Waals surface area contributed by atoms with Gasteiger partial charge in [-0.3, -0.25) is 4.79 Å². The van der Waals surface area contributed by atoms with Gasteiger partial charge in [-0.2, -0.15) is 0 Å². The Balaban J connectivity index is 1.80. The molecular formula is C23H24F2O3. The van der Waals surface area contributed by atoms with Crippen LogP contribution in [0.2, 0.25) is 0 Å². The fourth-order valence-corrected chi connectivity index (χ4v) is 3.72. The Labute approximate surface area is 163 Å². The first-order chi connectivity index (χ1) is 13.4. The Morgan fingerprint density at radius 2 is 1.82 bits per heavy atom. The van der Waals surface area contributed by atoms with E-state index in [1.807, 2.05) is 6.92 Å². The summed E-state index contributed by atoms with van der Waals surface area (Å²) in [6.07, 6.45) is 3.04. The van der Waals surface area contributed by atoms with E-state index in [1.54, 1.807) is 19.1 Å². The minimum Gasteiger partial charge on any atom is -0.486 e. The lowest BCUT2D eigenvalue weighted by Gasteiger charge is -2.16. The van der Waals surface area contributed by atoms with E-state index < -0.39 is 11.8 Å². The van der Waals surface area contributed by atoms with E-state index in [0.29, 0.717) is 24.2 Å². The highest BCUT2D eigenvalue weighted by Crippen LogP contribution is 2.35. The number of carbonyl (C=O) groups is 1. The molecule has 0 spiro atoms. The third kappa shape index (κ3) is 4.41. The smallest absolute Gasteiger partial charge is 0.303 e. The second-order valence-electron chi connectivity index (χ2n) is 7.22. The van der Waals surface area contributed by atoms with Gasteiger partial charge < -0.3 is 9.84 Å². The van der Waals surface area contributed by atoms with Crippen LogP contribution in [0.5, 0.6) is 5.75 Å². The molecule has 2 aromatic rings. The van der Waals surface area contributed by atoms with Crippen LogP contribution >= 0.6 is 0 Å². The van der Waals surface area contributed by atoms with Gasteiger partial charge in [0.1, 0.15) is 12.4 Å². The normalized spacial score (nSPS) is 13.9. The molecule has 0 fully saturated rings. The first-order valence-electron chi connectivity index (χ1n) is 9.46. The molecule has 0 aromatic heterocycles. The van der Waals surface area contributed by atoms with Crippen molar-refractivity contribution in [2.75, 3.05) is 6.61 Å². The molecule has 0 aliphatic heterocycles. The van der Waals surface area contributed by atoms with E-state index in [4.69, 9.17) is 9.84 Å². The average Bonchev–Trinajstić information content (AvgIpc) is 3.12. The number of allylic oxidation sites excluding steroid dienone is 1. The van der Waals surface area contributed by atoms with Crippen molar-refractivity contribution in [3.8, 4) is 5.75 Å². The number of aryl methyl sites for hydroxylation is 1. The van der Waals surface area contributed by atoms with Crippen LogP contribution in [0, 0.1) is 25.5 Å². The van der Waals surface area contributed by atoms with Crippen LogP contribution in [0.1, 0.15) is 47.9 Å². The molecule has 0 atom stereocenters. The van der Waals surface area contributed by atoms with Gasteiger partial charge in [-0.1, -0.05) is 12.1 Å². The van der Waals surface area contributed by atoms with Gasteiger partial charge in [0.25, 0.3) is 0 Å². The molecule has 28 heavy (non-hydrogen) atoms. The summed E-state index contributed by atoms with van der Waals surface area (Å²) < 4.78 is 33.7. The Kier molecular flexibility index (Phi) is 6.12. The largest absolute Gasteiger partial charge is 0.486 e. The van der Waals surface area contributed by atoms with Gasteiger partial charge in [0, 0.05) is 6.42 Å². The SMILES string of the molecule is Cc1c(CCC(=O)O)cc(F)c(OCC2=C(c3ccc(F)cc3)CCC2)c1C. The minimum absolute atomic E-state index is 0.0339. The summed E-state index contributed by atoms with van der Waals surface area (Å²) in [5.74, 6) is -1.42. The third-order valence-corrected chi connectivity index (χ3v) is 5.43. The van der Waals surface area contributed by atoms with E-state index in [2.05, 4.69) is 0 Å². The molecule has 5 heteroatoms. The van der Waals surface area contributed by atoms with Crippen molar-refractivity contribution < 1.29 is 23.4 Å². The highest BCUT2D eigenvalue weighted by Gasteiger charge is 2.19. The molecule has 0 heterocycles.